The molecule has 0 unspecified atom stereocenters. The van der Waals surface area contributed by atoms with Crippen molar-refractivity contribution in [3.63, 3.8) is 0 Å². The lowest BCUT2D eigenvalue weighted by molar-refractivity contribution is 0.483. The first-order valence-corrected chi connectivity index (χ1v) is 23.3. The number of fused-ring (bicyclic) bond motifs is 5. The Labute approximate surface area is 429 Å². The molecule has 0 aliphatic carbocycles. The van der Waals surface area contributed by atoms with Crippen LogP contribution in [0.5, 0.6) is 23.0 Å². The van der Waals surface area contributed by atoms with Crippen molar-refractivity contribution in [1.29, 1.82) is 0 Å². The molecule has 10 aromatic rings. The number of pyridine rings is 1. The summed E-state index contributed by atoms with van der Waals surface area (Å²) in [6, 6.07) is 38.3. The van der Waals surface area contributed by atoms with Crippen molar-refractivity contribution in [2.45, 2.75) is 66.1 Å². The lowest BCUT2D eigenvalue weighted by Crippen LogP contribution is -2.25. The van der Waals surface area contributed by atoms with Crippen LogP contribution in [0, 0.1) is 13.7 Å². The Bertz CT molecular complexity index is 4360. The van der Waals surface area contributed by atoms with Gasteiger partial charge in [0, 0.05) is 65.3 Å². The Hall–Kier alpha value is -8.09. The van der Waals surface area contributed by atoms with Crippen LogP contribution in [0.3, 0.4) is 0 Å². The third kappa shape index (κ3) is 7.46. The van der Waals surface area contributed by atoms with Crippen LogP contribution in [0.15, 0.2) is 182 Å². The lowest BCUT2D eigenvalue weighted by Gasteiger charge is -2.31. The molecular formula is C64H56N4O2. The fourth-order valence-electron chi connectivity index (χ4n) is 9.60. The zero-order chi connectivity index (χ0) is 59.1. The van der Waals surface area contributed by atoms with E-state index in [-0.39, 0.29) is 64.2 Å². The van der Waals surface area contributed by atoms with Gasteiger partial charge in [-0.3, -0.25) is 4.57 Å². The molecule has 0 spiro atoms. The lowest BCUT2D eigenvalue weighted by atomic mass is 9.80. The Morgan fingerprint density at radius 2 is 1.31 bits per heavy atom. The molecule has 0 amide bonds. The predicted molar refractivity (Wildman–Crippen MR) is 290 cm³/mol. The van der Waals surface area contributed by atoms with Crippen LogP contribution in [-0.2, 0) is 10.8 Å². The number of ether oxygens (including phenoxy) is 2. The van der Waals surface area contributed by atoms with E-state index in [2.05, 4.69) is 36.6 Å². The minimum atomic E-state index is -2.95. The number of anilines is 4. The molecule has 2 aromatic heterocycles. The molecule has 0 saturated heterocycles. The van der Waals surface area contributed by atoms with Crippen molar-refractivity contribution in [1.82, 2.24) is 9.55 Å². The quantitative estimate of drug-likeness (QED) is 0.164. The van der Waals surface area contributed by atoms with Crippen LogP contribution in [-0.4, -0.2) is 16.2 Å². The maximum atomic E-state index is 10.0. The summed E-state index contributed by atoms with van der Waals surface area (Å²) in [5, 5.41) is 0.492. The third-order valence-electron chi connectivity index (χ3n) is 13.2. The summed E-state index contributed by atoms with van der Waals surface area (Å²) in [7, 11) is 0. The van der Waals surface area contributed by atoms with Crippen molar-refractivity contribution in [2.75, 3.05) is 16.5 Å². The minimum Gasteiger partial charge on any atom is -0.457 e. The minimum absolute atomic E-state index is 0.0134. The fraction of sp³-hybridized carbons (Fsp3) is 0.172. The summed E-state index contributed by atoms with van der Waals surface area (Å²) >= 11 is 0. The molecule has 6 nitrogen and oxygen atoms in total. The van der Waals surface area contributed by atoms with Crippen LogP contribution in [0.4, 0.5) is 22.7 Å². The van der Waals surface area contributed by atoms with Crippen molar-refractivity contribution < 1.29 is 27.3 Å². The Morgan fingerprint density at radius 3 is 2.13 bits per heavy atom. The number of rotatable bonds is 1. The van der Waals surface area contributed by atoms with Gasteiger partial charge < -0.3 is 19.3 Å². The number of para-hydroxylation sites is 3. The van der Waals surface area contributed by atoms with E-state index in [4.69, 9.17) is 25.4 Å². The molecule has 3 aliphatic rings. The standard InChI is InChI=1S/C64H56N4O2/c1-40-26-28-50-51-29-27-49-37-59(51)68(58(50)30-40)61-31-41(2)55(38-65-61)43-17-14-20-47(33-43)70-60-25-12-9-22-52(60)54-35-45(64(6,7)8)34-53(42-16-13-18-44(32-42)63(3,4)5)62(54)67-39-66(56-23-10-11-24-57(56)67)46-19-15-21-48(36-46)69-49/h9-38H,39H2,1-8H3/i1D3,2D3,13D,16D,18D,26D,28D,30D,32D. The molecule has 0 atom stereocenters. The summed E-state index contributed by atoms with van der Waals surface area (Å²) < 4.78 is 133. The smallest absolute Gasteiger partial charge is 0.137 e. The molecule has 10 bridgehead atoms. The van der Waals surface area contributed by atoms with Crippen molar-refractivity contribution in [3.8, 4) is 62.2 Å². The number of aryl methyl sites for hydroxylation is 1. The van der Waals surface area contributed by atoms with Gasteiger partial charge in [0.2, 0.25) is 0 Å². The average molecular weight is 926 g/mol. The molecule has 13 rings (SSSR count). The molecule has 8 aromatic carbocycles. The van der Waals surface area contributed by atoms with E-state index in [1.54, 1.807) is 48.5 Å². The summed E-state index contributed by atoms with van der Waals surface area (Å²) in [5.41, 5.74) is 5.23. The number of benzene rings is 8. The van der Waals surface area contributed by atoms with E-state index >= 15 is 0 Å². The van der Waals surface area contributed by atoms with Gasteiger partial charge in [0.15, 0.2) is 0 Å². The molecule has 6 heteroatoms. The van der Waals surface area contributed by atoms with Crippen molar-refractivity contribution >= 4 is 44.6 Å². The zero-order valence-electron chi connectivity index (χ0n) is 52.6. The first-order valence-electron chi connectivity index (χ1n) is 29.8. The highest BCUT2D eigenvalue weighted by Crippen LogP contribution is 2.53. The van der Waals surface area contributed by atoms with E-state index < -0.39 is 48.2 Å². The SMILES string of the molecule is [2H]c1c([2H])c(-c2cc(C(C)(C)C)cc3c2N2CN(c4cccc(c4)Oc4ccc5c6c([2H])c([2H])c(C([2H])([2H])[2H])c([2H])c6n(c5c4)-c4cc(C([2H])([2H])[2H])c(cn4)-c4cccc(c4)Oc4ccccc4-3)c3ccccc32)c([2H])c(C(C)(C)C)c1[2H]. The van der Waals surface area contributed by atoms with E-state index in [1.165, 1.54) is 16.8 Å². The maximum absolute atomic E-state index is 10.0. The first kappa shape index (κ1) is 31.1. The van der Waals surface area contributed by atoms with Gasteiger partial charge in [-0.1, -0.05) is 126 Å². The van der Waals surface area contributed by atoms with E-state index in [1.807, 2.05) is 93.6 Å². The van der Waals surface area contributed by atoms with Crippen LogP contribution in [0.1, 0.15) is 81.6 Å². The summed E-state index contributed by atoms with van der Waals surface area (Å²) in [5.74, 6) is 1.51. The maximum Gasteiger partial charge on any atom is 0.137 e. The number of nitrogens with zero attached hydrogens (tertiary/aromatic N) is 4. The monoisotopic (exact) mass is 926 g/mol. The normalized spacial score (nSPS) is 16.3. The van der Waals surface area contributed by atoms with Gasteiger partial charge in [-0.25, -0.2) is 4.98 Å². The van der Waals surface area contributed by atoms with Gasteiger partial charge in [-0.2, -0.15) is 0 Å². The predicted octanol–water partition coefficient (Wildman–Crippen LogP) is 17.5. The fourth-order valence-corrected chi connectivity index (χ4v) is 9.60. The Morgan fingerprint density at radius 1 is 0.557 bits per heavy atom. The first-order chi connectivity index (χ1) is 39.1. The summed E-state index contributed by atoms with van der Waals surface area (Å²) in [6.45, 7) is 6.52. The summed E-state index contributed by atoms with van der Waals surface area (Å²) in [4.78, 5) is 9.15. The third-order valence-corrected chi connectivity index (χ3v) is 13.2. The van der Waals surface area contributed by atoms with Gasteiger partial charge in [0.25, 0.3) is 0 Å². The van der Waals surface area contributed by atoms with Crippen LogP contribution in [0.2, 0.25) is 0 Å². The van der Waals surface area contributed by atoms with Gasteiger partial charge >= 0.3 is 0 Å². The van der Waals surface area contributed by atoms with Gasteiger partial charge in [-0.05, 0) is 137 Å². The van der Waals surface area contributed by atoms with Crippen LogP contribution >= 0.6 is 0 Å². The molecule has 3 aliphatic heterocycles. The van der Waals surface area contributed by atoms with E-state index in [9.17, 15) is 6.85 Å². The molecular weight excluding hydrogens is 857 g/mol. The largest absolute Gasteiger partial charge is 0.457 e. The second kappa shape index (κ2) is 16.3. The summed E-state index contributed by atoms with van der Waals surface area (Å²) in [6.07, 6.45) is 1.42. The van der Waals surface area contributed by atoms with Crippen molar-refractivity contribution in [3.05, 3.63) is 204 Å². The molecule has 70 heavy (non-hydrogen) atoms. The molecule has 0 radical (unpaired) electrons. The highest BCUT2D eigenvalue weighted by Gasteiger charge is 2.34. The zero-order valence-corrected chi connectivity index (χ0v) is 39.6. The van der Waals surface area contributed by atoms with Crippen molar-refractivity contribution in [2.24, 2.45) is 0 Å². The Balaban J connectivity index is 1.17. The van der Waals surface area contributed by atoms with Gasteiger partial charge in [0.05, 0.1) is 37.7 Å². The number of hydrogen-bond donors (Lipinski definition) is 0. The van der Waals surface area contributed by atoms with E-state index in [0.29, 0.717) is 67.4 Å². The number of hydrogen-bond acceptors (Lipinski definition) is 5. The molecule has 0 saturated carbocycles. The van der Waals surface area contributed by atoms with Gasteiger partial charge in [-0.15, -0.1) is 0 Å². The van der Waals surface area contributed by atoms with Crippen LogP contribution < -0.4 is 19.3 Å². The topological polar surface area (TPSA) is 42.8 Å². The highest BCUT2D eigenvalue weighted by molar-refractivity contribution is 6.10. The second-order valence-corrected chi connectivity index (χ2v) is 20.0. The molecule has 344 valence electrons. The molecule has 5 heterocycles. The highest BCUT2D eigenvalue weighted by atomic mass is 16.5. The van der Waals surface area contributed by atoms with Gasteiger partial charge in [0.1, 0.15) is 35.5 Å². The molecule has 0 fully saturated rings. The number of aromatic nitrogens is 2. The van der Waals surface area contributed by atoms with E-state index in [0.717, 1.165) is 22.6 Å². The Kier molecular flexibility index (Phi) is 7.23. The second-order valence-electron chi connectivity index (χ2n) is 20.0. The van der Waals surface area contributed by atoms with Crippen LogP contribution in [0.25, 0.3) is 61.0 Å². The molecule has 0 N–H and O–H groups in total. The average Bonchev–Trinajstić information content (AvgIpc) is 1.80.